The summed E-state index contributed by atoms with van der Waals surface area (Å²) in [6.07, 6.45) is -4.53. The van der Waals surface area contributed by atoms with Crippen molar-refractivity contribution in [3.63, 3.8) is 0 Å². The van der Waals surface area contributed by atoms with Gasteiger partial charge in [0.25, 0.3) is 0 Å². The van der Waals surface area contributed by atoms with Crippen LogP contribution in [0, 0.1) is 0 Å². The van der Waals surface area contributed by atoms with Crippen LogP contribution in [-0.4, -0.2) is 20.0 Å². The molecule has 122 valence electrons. The molecule has 0 bridgehead atoms. The van der Waals surface area contributed by atoms with Crippen molar-refractivity contribution in [2.24, 2.45) is 0 Å². The van der Waals surface area contributed by atoms with Gasteiger partial charge in [0.2, 0.25) is 0 Å². The molecule has 0 saturated heterocycles. The number of methoxy groups -OCH3 is 2. The number of carbonyl (C=O) groups is 1. The molecule has 4 nitrogen and oxygen atoms in total. The van der Waals surface area contributed by atoms with Crippen molar-refractivity contribution >= 4 is 11.5 Å². The molecule has 0 heterocycles. The first-order valence-electron chi connectivity index (χ1n) is 6.51. The van der Waals surface area contributed by atoms with Crippen LogP contribution in [-0.2, 0) is 6.18 Å². The minimum atomic E-state index is -4.53. The number of nitrogen functional groups attached to an aromatic ring is 1. The van der Waals surface area contributed by atoms with Gasteiger partial charge in [0, 0.05) is 22.9 Å². The SMILES string of the molecule is COc1cc(N)c(C(=O)c2cccc(C(F)(F)F)c2)cc1OC. The molecule has 23 heavy (non-hydrogen) atoms. The van der Waals surface area contributed by atoms with E-state index in [1.165, 1.54) is 38.5 Å². The third-order valence-electron chi connectivity index (χ3n) is 3.25. The van der Waals surface area contributed by atoms with E-state index in [1.54, 1.807) is 0 Å². The fourth-order valence-electron chi connectivity index (χ4n) is 2.08. The Bertz CT molecular complexity index is 742. The number of hydrogen-bond acceptors (Lipinski definition) is 4. The van der Waals surface area contributed by atoms with E-state index in [2.05, 4.69) is 0 Å². The van der Waals surface area contributed by atoms with Crippen molar-refractivity contribution in [1.82, 2.24) is 0 Å². The number of anilines is 1. The average Bonchev–Trinajstić information content (AvgIpc) is 2.53. The quantitative estimate of drug-likeness (QED) is 0.690. The normalized spacial score (nSPS) is 11.2. The lowest BCUT2D eigenvalue weighted by Crippen LogP contribution is -2.10. The molecule has 0 atom stereocenters. The zero-order valence-corrected chi connectivity index (χ0v) is 12.4. The second-order valence-electron chi connectivity index (χ2n) is 4.70. The van der Waals surface area contributed by atoms with Gasteiger partial charge in [-0.05, 0) is 18.2 Å². The number of nitrogens with two attached hydrogens (primary N) is 1. The van der Waals surface area contributed by atoms with Crippen LogP contribution >= 0.6 is 0 Å². The number of carbonyl (C=O) groups excluding carboxylic acids is 1. The molecule has 0 saturated carbocycles. The third kappa shape index (κ3) is 3.39. The lowest BCUT2D eigenvalue weighted by molar-refractivity contribution is -0.137. The van der Waals surface area contributed by atoms with Gasteiger partial charge >= 0.3 is 6.18 Å². The van der Waals surface area contributed by atoms with E-state index in [0.29, 0.717) is 5.75 Å². The van der Waals surface area contributed by atoms with Gasteiger partial charge < -0.3 is 15.2 Å². The van der Waals surface area contributed by atoms with E-state index in [0.717, 1.165) is 12.1 Å². The molecule has 2 N–H and O–H groups in total. The van der Waals surface area contributed by atoms with Gasteiger partial charge in [-0.15, -0.1) is 0 Å². The monoisotopic (exact) mass is 325 g/mol. The topological polar surface area (TPSA) is 61.5 Å². The standard InChI is InChI=1S/C16H14F3NO3/c1-22-13-7-11(12(20)8-14(13)23-2)15(21)9-4-3-5-10(6-9)16(17,18)19/h3-8H,20H2,1-2H3. The summed E-state index contributed by atoms with van der Waals surface area (Å²) in [4.78, 5) is 12.5. The Balaban J connectivity index is 2.49. The number of ether oxygens (including phenoxy) is 2. The molecule has 0 amide bonds. The molecule has 0 aliphatic rings. The highest BCUT2D eigenvalue weighted by molar-refractivity contribution is 6.12. The van der Waals surface area contributed by atoms with Crippen molar-refractivity contribution in [3.8, 4) is 11.5 Å². The van der Waals surface area contributed by atoms with Crippen LogP contribution in [0.3, 0.4) is 0 Å². The van der Waals surface area contributed by atoms with E-state index in [1.807, 2.05) is 0 Å². The lowest BCUT2D eigenvalue weighted by Gasteiger charge is -2.13. The predicted molar refractivity (Wildman–Crippen MR) is 78.8 cm³/mol. The molecule has 2 rings (SSSR count). The number of halogens is 3. The average molecular weight is 325 g/mol. The zero-order valence-electron chi connectivity index (χ0n) is 12.4. The highest BCUT2D eigenvalue weighted by Gasteiger charge is 2.31. The predicted octanol–water partition coefficient (Wildman–Crippen LogP) is 3.54. The van der Waals surface area contributed by atoms with Gasteiger partial charge in [0.05, 0.1) is 19.8 Å². The van der Waals surface area contributed by atoms with Gasteiger partial charge in [-0.1, -0.05) is 12.1 Å². The minimum absolute atomic E-state index is 0.0435. The second-order valence-corrected chi connectivity index (χ2v) is 4.70. The van der Waals surface area contributed by atoms with Crippen LogP contribution in [0.4, 0.5) is 18.9 Å². The van der Waals surface area contributed by atoms with Crippen molar-refractivity contribution in [3.05, 3.63) is 53.1 Å². The Labute approximate surface area is 130 Å². The molecular weight excluding hydrogens is 311 g/mol. The Morgan fingerprint density at radius 1 is 1.04 bits per heavy atom. The largest absolute Gasteiger partial charge is 0.493 e. The van der Waals surface area contributed by atoms with Crippen molar-refractivity contribution < 1.29 is 27.4 Å². The number of benzene rings is 2. The molecule has 0 aromatic heterocycles. The first kappa shape index (κ1) is 16.7. The first-order valence-corrected chi connectivity index (χ1v) is 6.51. The Kier molecular flexibility index (Phi) is 4.49. The van der Waals surface area contributed by atoms with E-state index in [-0.39, 0.29) is 22.6 Å². The highest BCUT2D eigenvalue weighted by Crippen LogP contribution is 2.34. The summed E-state index contributed by atoms with van der Waals surface area (Å²) in [5.41, 5.74) is 4.92. The fourth-order valence-corrected chi connectivity index (χ4v) is 2.08. The Morgan fingerprint density at radius 2 is 1.65 bits per heavy atom. The van der Waals surface area contributed by atoms with Crippen LogP contribution in [0.2, 0.25) is 0 Å². The summed E-state index contributed by atoms with van der Waals surface area (Å²) in [7, 11) is 2.79. The summed E-state index contributed by atoms with van der Waals surface area (Å²) in [6, 6.07) is 6.89. The van der Waals surface area contributed by atoms with Crippen LogP contribution in [0.5, 0.6) is 11.5 Å². The van der Waals surface area contributed by atoms with Crippen LogP contribution in [0.15, 0.2) is 36.4 Å². The molecule has 0 unspecified atom stereocenters. The fraction of sp³-hybridized carbons (Fsp3) is 0.188. The summed E-state index contributed by atoms with van der Waals surface area (Å²) < 4.78 is 48.4. The Morgan fingerprint density at radius 3 is 2.22 bits per heavy atom. The van der Waals surface area contributed by atoms with Gasteiger partial charge in [-0.3, -0.25) is 4.79 Å². The van der Waals surface area contributed by atoms with E-state index in [4.69, 9.17) is 15.2 Å². The highest BCUT2D eigenvalue weighted by atomic mass is 19.4. The maximum absolute atomic E-state index is 12.8. The smallest absolute Gasteiger partial charge is 0.416 e. The van der Waals surface area contributed by atoms with E-state index >= 15 is 0 Å². The summed E-state index contributed by atoms with van der Waals surface area (Å²) in [5.74, 6) is -0.0443. The summed E-state index contributed by atoms with van der Waals surface area (Å²) in [6.45, 7) is 0. The summed E-state index contributed by atoms with van der Waals surface area (Å²) in [5, 5.41) is 0. The number of alkyl halides is 3. The summed E-state index contributed by atoms with van der Waals surface area (Å²) >= 11 is 0. The second kappa shape index (κ2) is 6.20. The van der Waals surface area contributed by atoms with E-state index < -0.39 is 17.5 Å². The van der Waals surface area contributed by atoms with E-state index in [9.17, 15) is 18.0 Å². The molecule has 0 radical (unpaired) electrons. The molecule has 0 spiro atoms. The van der Waals surface area contributed by atoms with Crippen LogP contribution in [0.25, 0.3) is 0 Å². The maximum atomic E-state index is 12.8. The molecular formula is C16H14F3NO3. The maximum Gasteiger partial charge on any atom is 0.416 e. The zero-order chi connectivity index (χ0) is 17.2. The van der Waals surface area contributed by atoms with Crippen LogP contribution < -0.4 is 15.2 Å². The van der Waals surface area contributed by atoms with Crippen molar-refractivity contribution in [2.45, 2.75) is 6.18 Å². The van der Waals surface area contributed by atoms with Crippen molar-refractivity contribution in [1.29, 1.82) is 0 Å². The van der Waals surface area contributed by atoms with Gasteiger partial charge in [-0.25, -0.2) is 0 Å². The lowest BCUT2D eigenvalue weighted by atomic mass is 9.99. The van der Waals surface area contributed by atoms with Crippen LogP contribution in [0.1, 0.15) is 21.5 Å². The molecule has 7 heteroatoms. The molecule has 2 aromatic rings. The number of hydrogen-bond donors (Lipinski definition) is 1. The third-order valence-corrected chi connectivity index (χ3v) is 3.25. The Hall–Kier alpha value is -2.70. The van der Waals surface area contributed by atoms with Gasteiger partial charge in [-0.2, -0.15) is 13.2 Å². The van der Waals surface area contributed by atoms with Crippen molar-refractivity contribution in [2.75, 3.05) is 20.0 Å². The van der Waals surface area contributed by atoms with Gasteiger partial charge in [0.15, 0.2) is 17.3 Å². The number of ketones is 1. The molecule has 0 aliphatic carbocycles. The number of rotatable bonds is 4. The molecule has 0 aliphatic heterocycles. The minimum Gasteiger partial charge on any atom is -0.493 e. The first-order chi connectivity index (χ1) is 10.8. The van der Waals surface area contributed by atoms with Gasteiger partial charge in [0.1, 0.15) is 0 Å². The molecule has 2 aromatic carbocycles. The molecule has 0 fully saturated rings.